The lowest BCUT2D eigenvalue weighted by molar-refractivity contribution is -0.138. The number of rotatable bonds is 5. The Labute approximate surface area is 103 Å². The van der Waals surface area contributed by atoms with Gasteiger partial charge in [-0.3, -0.25) is 4.90 Å². The maximum absolute atomic E-state index is 9.62. The Balaban J connectivity index is 1.98. The molecular weight excluding hydrogens is 214 g/mol. The van der Waals surface area contributed by atoms with Gasteiger partial charge < -0.3 is 9.84 Å². The molecule has 0 aromatic heterocycles. The molecule has 0 bridgehead atoms. The van der Waals surface area contributed by atoms with Crippen molar-refractivity contribution < 1.29 is 9.84 Å². The van der Waals surface area contributed by atoms with Crippen molar-refractivity contribution in [1.82, 2.24) is 4.90 Å². The van der Waals surface area contributed by atoms with E-state index in [2.05, 4.69) is 17.0 Å². The smallest absolute Gasteiger partial charge is 0.118 e. The van der Waals surface area contributed by atoms with E-state index in [4.69, 9.17) is 4.74 Å². The standard InChI is InChI=1S/C14H21NO2/c1-3-13(16)9-15-10-14(11-15,17-2)12-7-5-4-6-8-12/h4-8,13,16H,3,9-11H2,1-2H3/t13-/m1/s1. The maximum Gasteiger partial charge on any atom is 0.118 e. The van der Waals surface area contributed by atoms with E-state index in [1.54, 1.807) is 7.11 Å². The molecule has 3 nitrogen and oxygen atoms in total. The Morgan fingerprint density at radius 1 is 1.35 bits per heavy atom. The molecule has 1 heterocycles. The summed E-state index contributed by atoms with van der Waals surface area (Å²) in [5.41, 5.74) is 1.05. The number of benzene rings is 1. The van der Waals surface area contributed by atoms with Gasteiger partial charge >= 0.3 is 0 Å². The van der Waals surface area contributed by atoms with E-state index in [0.29, 0.717) is 0 Å². The molecule has 0 amide bonds. The molecule has 2 rings (SSSR count). The molecule has 3 heteroatoms. The molecule has 0 aliphatic carbocycles. The van der Waals surface area contributed by atoms with Crippen LogP contribution < -0.4 is 0 Å². The molecule has 1 fully saturated rings. The number of nitrogens with zero attached hydrogens (tertiary/aromatic N) is 1. The molecular formula is C14H21NO2. The molecule has 1 aromatic rings. The van der Waals surface area contributed by atoms with Crippen LogP contribution in [0.25, 0.3) is 0 Å². The van der Waals surface area contributed by atoms with E-state index in [0.717, 1.165) is 26.1 Å². The van der Waals surface area contributed by atoms with Crippen molar-refractivity contribution in [2.75, 3.05) is 26.7 Å². The van der Waals surface area contributed by atoms with Gasteiger partial charge in [0.1, 0.15) is 5.60 Å². The van der Waals surface area contributed by atoms with Gasteiger partial charge in [-0.1, -0.05) is 37.3 Å². The minimum Gasteiger partial charge on any atom is -0.392 e. The van der Waals surface area contributed by atoms with Gasteiger partial charge in [0, 0.05) is 26.7 Å². The molecule has 17 heavy (non-hydrogen) atoms. The van der Waals surface area contributed by atoms with E-state index < -0.39 is 0 Å². The molecule has 1 atom stereocenters. The van der Waals surface area contributed by atoms with Crippen molar-refractivity contribution in [3.8, 4) is 0 Å². The van der Waals surface area contributed by atoms with Gasteiger partial charge in [0.15, 0.2) is 0 Å². The van der Waals surface area contributed by atoms with E-state index in [1.807, 2.05) is 25.1 Å². The van der Waals surface area contributed by atoms with Crippen LogP contribution in [0.1, 0.15) is 18.9 Å². The van der Waals surface area contributed by atoms with Crippen molar-refractivity contribution in [2.45, 2.75) is 25.0 Å². The Morgan fingerprint density at radius 3 is 2.53 bits per heavy atom. The Hall–Kier alpha value is -0.900. The number of methoxy groups -OCH3 is 1. The molecule has 1 aliphatic rings. The predicted molar refractivity (Wildman–Crippen MR) is 67.9 cm³/mol. The highest BCUT2D eigenvalue weighted by Gasteiger charge is 2.44. The van der Waals surface area contributed by atoms with Crippen LogP contribution in [0.15, 0.2) is 30.3 Å². The minimum absolute atomic E-state index is 0.172. The highest BCUT2D eigenvalue weighted by atomic mass is 16.5. The summed E-state index contributed by atoms with van der Waals surface area (Å²) >= 11 is 0. The largest absolute Gasteiger partial charge is 0.392 e. The molecule has 0 spiro atoms. The van der Waals surface area contributed by atoms with Crippen molar-refractivity contribution in [2.24, 2.45) is 0 Å². The number of hydrogen-bond acceptors (Lipinski definition) is 3. The summed E-state index contributed by atoms with van der Waals surface area (Å²) in [5.74, 6) is 0. The van der Waals surface area contributed by atoms with Crippen molar-refractivity contribution >= 4 is 0 Å². The highest BCUT2D eigenvalue weighted by Crippen LogP contribution is 2.35. The van der Waals surface area contributed by atoms with Gasteiger partial charge in [-0.05, 0) is 12.0 Å². The van der Waals surface area contributed by atoms with E-state index in [1.165, 1.54) is 5.56 Å². The predicted octanol–water partition coefficient (Wildman–Crippen LogP) is 1.61. The van der Waals surface area contributed by atoms with Crippen LogP contribution in [-0.2, 0) is 10.3 Å². The molecule has 0 radical (unpaired) electrons. The zero-order chi connectivity index (χ0) is 12.3. The number of aliphatic hydroxyl groups excluding tert-OH is 1. The number of hydrogen-bond donors (Lipinski definition) is 1. The lowest BCUT2D eigenvalue weighted by Gasteiger charge is -2.50. The second-order valence-corrected chi connectivity index (χ2v) is 4.80. The van der Waals surface area contributed by atoms with Crippen LogP contribution in [0, 0.1) is 0 Å². The minimum atomic E-state index is -0.222. The van der Waals surface area contributed by atoms with Crippen LogP contribution in [0.4, 0.5) is 0 Å². The van der Waals surface area contributed by atoms with Crippen LogP contribution >= 0.6 is 0 Å². The fourth-order valence-electron chi connectivity index (χ4n) is 2.40. The zero-order valence-electron chi connectivity index (χ0n) is 10.6. The van der Waals surface area contributed by atoms with Gasteiger partial charge in [-0.25, -0.2) is 0 Å². The molecule has 0 saturated carbocycles. The fraction of sp³-hybridized carbons (Fsp3) is 0.571. The summed E-state index contributed by atoms with van der Waals surface area (Å²) in [6, 6.07) is 10.3. The third-order valence-electron chi connectivity index (χ3n) is 3.59. The first-order valence-electron chi connectivity index (χ1n) is 6.21. The monoisotopic (exact) mass is 235 g/mol. The lowest BCUT2D eigenvalue weighted by Crippen LogP contribution is -2.61. The molecule has 0 unspecified atom stereocenters. The van der Waals surface area contributed by atoms with Crippen molar-refractivity contribution in [1.29, 1.82) is 0 Å². The third-order valence-corrected chi connectivity index (χ3v) is 3.59. The first kappa shape index (κ1) is 12.6. The second kappa shape index (κ2) is 5.17. The van der Waals surface area contributed by atoms with Crippen molar-refractivity contribution in [3.63, 3.8) is 0 Å². The zero-order valence-corrected chi connectivity index (χ0v) is 10.6. The first-order chi connectivity index (χ1) is 8.20. The summed E-state index contributed by atoms with van der Waals surface area (Å²) in [6.07, 6.45) is 0.586. The molecule has 1 aromatic carbocycles. The van der Waals surface area contributed by atoms with Crippen LogP contribution in [0.5, 0.6) is 0 Å². The fourth-order valence-corrected chi connectivity index (χ4v) is 2.40. The van der Waals surface area contributed by atoms with E-state index in [9.17, 15) is 5.11 Å². The van der Waals surface area contributed by atoms with Gasteiger partial charge in [0.25, 0.3) is 0 Å². The molecule has 1 aliphatic heterocycles. The van der Waals surface area contributed by atoms with Gasteiger partial charge in [-0.2, -0.15) is 0 Å². The highest BCUT2D eigenvalue weighted by molar-refractivity contribution is 5.26. The van der Waals surface area contributed by atoms with E-state index in [-0.39, 0.29) is 11.7 Å². The van der Waals surface area contributed by atoms with Crippen LogP contribution in [0.3, 0.4) is 0 Å². The second-order valence-electron chi connectivity index (χ2n) is 4.80. The SMILES string of the molecule is CC[C@@H](O)CN1CC(OC)(c2ccccc2)C1. The number of ether oxygens (including phenoxy) is 1. The molecule has 1 N–H and O–H groups in total. The van der Waals surface area contributed by atoms with Gasteiger partial charge in [0.05, 0.1) is 6.10 Å². The normalized spacial score (nSPS) is 20.9. The number of aliphatic hydroxyl groups is 1. The summed E-state index contributed by atoms with van der Waals surface area (Å²) in [5, 5.41) is 9.62. The van der Waals surface area contributed by atoms with Gasteiger partial charge in [0.2, 0.25) is 0 Å². The average Bonchev–Trinajstić information content (AvgIpc) is 2.34. The molecule has 1 saturated heterocycles. The summed E-state index contributed by atoms with van der Waals surface area (Å²) in [4.78, 5) is 2.24. The number of β-amino-alcohol motifs (C(OH)–C–C–N with tert-alkyl or cyclic N) is 1. The first-order valence-corrected chi connectivity index (χ1v) is 6.21. The lowest BCUT2D eigenvalue weighted by atomic mass is 9.85. The van der Waals surface area contributed by atoms with Crippen LogP contribution in [-0.4, -0.2) is 42.9 Å². The quantitative estimate of drug-likeness (QED) is 0.841. The average molecular weight is 235 g/mol. The Kier molecular flexibility index (Phi) is 3.82. The number of likely N-dealkylation sites (tertiary alicyclic amines) is 1. The van der Waals surface area contributed by atoms with E-state index >= 15 is 0 Å². The maximum atomic E-state index is 9.62. The Bertz CT molecular complexity index is 346. The Morgan fingerprint density at radius 2 is 2.00 bits per heavy atom. The summed E-state index contributed by atoms with van der Waals surface area (Å²) in [6.45, 7) is 4.48. The van der Waals surface area contributed by atoms with Crippen LogP contribution in [0.2, 0.25) is 0 Å². The summed E-state index contributed by atoms with van der Waals surface area (Å²) in [7, 11) is 1.76. The van der Waals surface area contributed by atoms with Crippen molar-refractivity contribution in [3.05, 3.63) is 35.9 Å². The van der Waals surface area contributed by atoms with Gasteiger partial charge in [-0.15, -0.1) is 0 Å². The molecule has 94 valence electrons. The summed E-state index contributed by atoms with van der Waals surface area (Å²) < 4.78 is 5.68. The third kappa shape index (κ3) is 2.51. The topological polar surface area (TPSA) is 32.7 Å².